The molecule has 2 heteroatoms. The van der Waals surface area contributed by atoms with Gasteiger partial charge in [0, 0.05) is 17.6 Å². The van der Waals surface area contributed by atoms with Crippen molar-refractivity contribution in [1.82, 2.24) is 0 Å². The molecular weight excluding hydrogens is 296 g/mol. The molecule has 0 bridgehead atoms. The van der Waals surface area contributed by atoms with Crippen LogP contribution in [0.2, 0.25) is 0 Å². The standard InChI is InChI=1S/C22H18O2/c1-13-9-18-12-20(24)21(14(2)22(18)19(23)10-13)17-8-7-15-5-3-4-6-16(15)11-17/h3-11,23H,12H2,1-2H3. The van der Waals surface area contributed by atoms with Gasteiger partial charge >= 0.3 is 0 Å². The van der Waals surface area contributed by atoms with Crippen LogP contribution in [0.1, 0.15) is 29.2 Å². The van der Waals surface area contributed by atoms with Gasteiger partial charge in [-0.3, -0.25) is 4.79 Å². The number of hydrogen-bond acceptors (Lipinski definition) is 2. The Morgan fingerprint density at radius 3 is 2.46 bits per heavy atom. The molecule has 24 heavy (non-hydrogen) atoms. The molecule has 0 fully saturated rings. The first kappa shape index (κ1) is 14.7. The highest BCUT2D eigenvalue weighted by Crippen LogP contribution is 2.40. The highest BCUT2D eigenvalue weighted by molar-refractivity contribution is 6.30. The van der Waals surface area contributed by atoms with E-state index in [1.54, 1.807) is 6.07 Å². The highest BCUT2D eigenvalue weighted by Gasteiger charge is 2.26. The summed E-state index contributed by atoms with van der Waals surface area (Å²) < 4.78 is 0. The molecule has 0 aliphatic heterocycles. The molecule has 0 spiro atoms. The van der Waals surface area contributed by atoms with Crippen molar-refractivity contribution in [3.05, 3.63) is 76.9 Å². The van der Waals surface area contributed by atoms with Crippen molar-refractivity contribution in [3.8, 4) is 5.75 Å². The fourth-order valence-corrected chi connectivity index (χ4v) is 3.73. The Bertz CT molecular complexity index is 1030. The maximum Gasteiger partial charge on any atom is 0.168 e. The van der Waals surface area contributed by atoms with Gasteiger partial charge in [0.15, 0.2) is 5.78 Å². The third kappa shape index (κ3) is 2.23. The van der Waals surface area contributed by atoms with Gasteiger partial charge in [-0.25, -0.2) is 0 Å². The van der Waals surface area contributed by atoms with E-state index in [-0.39, 0.29) is 11.5 Å². The zero-order chi connectivity index (χ0) is 16.8. The fraction of sp³-hybridized carbons (Fsp3) is 0.136. The third-order valence-corrected chi connectivity index (χ3v) is 4.76. The SMILES string of the molecule is CC1=C(c2ccc3ccccc3c2)C(=O)Cc2cc(C)cc(O)c21. The smallest absolute Gasteiger partial charge is 0.168 e. The summed E-state index contributed by atoms with van der Waals surface area (Å²) in [6, 6.07) is 18.0. The van der Waals surface area contributed by atoms with Crippen LogP contribution in [0.4, 0.5) is 0 Å². The molecule has 0 amide bonds. The van der Waals surface area contributed by atoms with Gasteiger partial charge in [0.2, 0.25) is 0 Å². The van der Waals surface area contributed by atoms with Gasteiger partial charge in [-0.1, -0.05) is 42.5 Å². The number of rotatable bonds is 1. The molecule has 4 rings (SSSR count). The first-order valence-electron chi connectivity index (χ1n) is 8.10. The molecule has 1 aliphatic carbocycles. The molecule has 0 unspecified atom stereocenters. The fourth-order valence-electron chi connectivity index (χ4n) is 3.73. The number of aromatic hydroxyl groups is 1. The lowest BCUT2D eigenvalue weighted by Crippen LogP contribution is -2.14. The summed E-state index contributed by atoms with van der Waals surface area (Å²) in [5.41, 5.74) is 5.19. The molecule has 0 radical (unpaired) electrons. The van der Waals surface area contributed by atoms with Crippen molar-refractivity contribution in [2.75, 3.05) is 0 Å². The number of phenols is 1. The molecular formula is C22H18O2. The molecule has 3 aromatic rings. The maximum absolute atomic E-state index is 12.8. The van der Waals surface area contributed by atoms with Gasteiger partial charge in [-0.05, 0) is 59.0 Å². The minimum absolute atomic E-state index is 0.111. The largest absolute Gasteiger partial charge is 0.507 e. The Balaban J connectivity index is 1.96. The molecule has 0 heterocycles. The topological polar surface area (TPSA) is 37.3 Å². The van der Waals surface area contributed by atoms with E-state index in [0.717, 1.165) is 38.6 Å². The van der Waals surface area contributed by atoms with Crippen LogP contribution < -0.4 is 0 Å². The molecule has 0 aromatic heterocycles. The number of allylic oxidation sites excluding steroid dienone is 2. The second kappa shape index (κ2) is 5.34. The van der Waals surface area contributed by atoms with Crippen LogP contribution in [0.15, 0.2) is 54.6 Å². The second-order valence-electron chi connectivity index (χ2n) is 6.48. The summed E-state index contributed by atoms with van der Waals surface area (Å²) in [5.74, 6) is 0.369. The number of carbonyl (C=O) groups is 1. The van der Waals surface area contributed by atoms with Crippen molar-refractivity contribution in [2.45, 2.75) is 20.3 Å². The van der Waals surface area contributed by atoms with Crippen molar-refractivity contribution in [1.29, 1.82) is 0 Å². The van der Waals surface area contributed by atoms with Gasteiger partial charge in [0.1, 0.15) is 5.75 Å². The Morgan fingerprint density at radius 1 is 0.917 bits per heavy atom. The molecule has 1 aliphatic rings. The predicted octanol–water partition coefficient (Wildman–Crippen LogP) is 4.91. The maximum atomic E-state index is 12.8. The normalized spacial score (nSPS) is 14.2. The van der Waals surface area contributed by atoms with E-state index < -0.39 is 0 Å². The van der Waals surface area contributed by atoms with Gasteiger partial charge in [0.25, 0.3) is 0 Å². The van der Waals surface area contributed by atoms with E-state index in [0.29, 0.717) is 12.0 Å². The summed E-state index contributed by atoms with van der Waals surface area (Å²) in [6.45, 7) is 3.86. The second-order valence-corrected chi connectivity index (χ2v) is 6.48. The highest BCUT2D eigenvalue weighted by atomic mass is 16.3. The molecule has 3 aromatic carbocycles. The summed E-state index contributed by atoms with van der Waals surface area (Å²) in [6.07, 6.45) is 0.337. The van der Waals surface area contributed by atoms with Gasteiger partial charge in [-0.2, -0.15) is 0 Å². The van der Waals surface area contributed by atoms with E-state index in [9.17, 15) is 9.90 Å². The Kier molecular flexibility index (Phi) is 3.27. The van der Waals surface area contributed by atoms with Crippen LogP contribution in [0.5, 0.6) is 5.75 Å². The van der Waals surface area contributed by atoms with Gasteiger partial charge < -0.3 is 5.11 Å². The summed E-state index contributed by atoms with van der Waals surface area (Å²) >= 11 is 0. The Labute approximate surface area is 141 Å². The molecule has 2 nitrogen and oxygen atoms in total. The number of hydrogen-bond donors (Lipinski definition) is 1. The number of aryl methyl sites for hydroxylation is 1. The third-order valence-electron chi connectivity index (χ3n) is 4.76. The minimum atomic E-state index is 0.111. The van der Waals surface area contributed by atoms with Crippen molar-refractivity contribution in [3.63, 3.8) is 0 Å². The Morgan fingerprint density at radius 2 is 1.67 bits per heavy atom. The van der Waals surface area contributed by atoms with Crippen LogP contribution in [0.25, 0.3) is 21.9 Å². The number of benzene rings is 3. The van der Waals surface area contributed by atoms with Gasteiger partial charge in [0.05, 0.1) is 0 Å². The van der Waals surface area contributed by atoms with Crippen LogP contribution >= 0.6 is 0 Å². The molecule has 0 saturated heterocycles. The zero-order valence-electron chi connectivity index (χ0n) is 13.8. The van der Waals surface area contributed by atoms with Crippen LogP contribution in [0, 0.1) is 6.92 Å². The van der Waals surface area contributed by atoms with Crippen LogP contribution in [-0.2, 0) is 11.2 Å². The lowest BCUT2D eigenvalue weighted by Gasteiger charge is -2.22. The lowest BCUT2D eigenvalue weighted by molar-refractivity contribution is -0.113. The number of ketones is 1. The zero-order valence-corrected chi connectivity index (χ0v) is 13.8. The average molecular weight is 314 g/mol. The molecule has 118 valence electrons. The summed E-state index contributed by atoms with van der Waals surface area (Å²) in [4.78, 5) is 12.8. The van der Waals surface area contributed by atoms with E-state index in [1.807, 2.05) is 44.2 Å². The van der Waals surface area contributed by atoms with E-state index in [1.165, 1.54) is 0 Å². The lowest BCUT2D eigenvalue weighted by atomic mass is 9.81. The van der Waals surface area contributed by atoms with Crippen molar-refractivity contribution >= 4 is 27.7 Å². The quantitative estimate of drug-likeness (QED) is 0.693. The number of Topliss-reactive ketones (excluding diaryl/α,β-unsaturated/α-hetero) is 1. The molecule has 0 atom stereocenters. The number of carbonyl (C=O) groups excluding carboxylic acids is 1. The first-order valence-corrected chi connectivity index (χ1v) is 8.10. The number of fused-ring (bicyclic) bond motifs is 2. The average Bonchev–Trinajstić information content (AvgIpc) is 2.53. The summed E-state index contributed by atoms with van der Waals surface area (Å²) in [5, 5.41) is 12.7. The first-order chi connectivity index (χ1) is 11.5. The predicted molar refractivity (Wildman–Crippen MR) is 98.0 cm³/mol. The van der Waals surface area contributed by atoms with Crippen molar-refractivity contribution < 1.29 is 9.90 Å². The van der Waals surface area contributed by atoms with E-state index >= 15 is 0 Å². The Hall–Kier alpha value is -2.87. The van der Waals surface area contributed by atoms with E-state index in [2.05, 4.69) is 18.2 Å². The molecule has 0 saturated carbocycles. The van der Waals surface area contributed by atoms with Crippen molar-refractivity contribution in [2.24, 2.45) is 0 Å². The van der Waals surface area contributed by atoms with Crippen LogP contribution in [-0.4, -0.2) is 10.9 Å². The van der Waals surface area contributed by atoms with E-state index in [4.69, 9.17) is 0 Å². The van der Waals surface area contributed by atoms with Gasteiger partial charge in [-0.15, -0.1) is 0 Å². The van der Waals surface area contributed by atoms with Crippen LogP contribution in [0.3, 0.4) is 0 Å². The minimum Gasteiger partial charge on any atom is -0.507 e. The monoisotopic (exact) mass is 314 g/mol. The number of phenolic OH excluding ortho intramolecular Hbond substituents is 1. The summed E-state index contributed by atoms with van der Waals surface area (Å²) in [7, 11) is 0. The molecule has 1 N–H and O–H groups in total.